The highest BCUT2D eigenvalue weighted by molar-refractivity contribution is 4.85. The first kappa shape index (κ1) is 13.4. The Morgan fingerprint density at radius 2 is 1.94 bits per heavy atom. The first-order valence-corrected chi connectivity index (χ1v) is 7.86. The molecule has 2 aliphatic rings. The lowest BCUT2D eigenvalue weighted by molar-refractivity contribution is 0.144. The lowest BCUT2D eigenvalue weighted by Crippen LogP contribution is -2.54. The highest BCUT2D eigenvalue weighted by atomic mass is 15.2. The lowest BCUT2D eigenvalue weighted by Gasteiger charge is -2.39. The third-order valence-corrected chi connectivity index (χ3v) is 4.59. The minimum Gasteiger partial charge on any atom is -0.311 e. The molecular formula is C15H30N2. The molecule has 0 bridgehead atoms. The van der Waals surface area contributed by atoms with Crippen LogP contribution in [0.15, 0.2) is 0 Å². The fraction of sp³-hybridized carbons (Fsp3) is 1.00. The minimum atomic E-state index is 0.797. The number of rotatable bonds is 5. The van der Waals surface area contributed by atoms with Gasteiger partial charge in [-0.2, -0.15) is 0 Å². The van der Waals surface area contributed by atoms with E-state index in [9.17, 15) is 0 Å². The average Bonchev–Trinajstić information content (AvgIpc) is 2.41. The van der Waals surface area contributed by atoms with Crippen molar-refractivity contribution < 1.29 is 0 Å². The molecular weight excluding hydrogens is 208 g/mol. The molecule has 1 unspecified atom stereocenters. The first-order valence-electron chi connectivity index (χ1n) is 7.86. The number of piperazine rings is 1. The summed E-state index contributed by atoms with van der Waals surface area (Å²) in [6.07, 6.45) is 11.5. The van der Waals surface area contributed by atoms with Crippen molar-refractivity contribution in [2.45, 2.75) is 64.3 Å². The van der Waals surface area contributed by atoms with Gasteiger partial charge >= 0.3 is 0 Å². The molecule has 2 fully saturated rings. The molecule has 1 aliphatic carbocycles. The van der Waals surface area contributed by atoms with Crippen LogP contribution in [0.2, 0.25) is 0 Å². The lowest BCUT2D eigenvalue weighted by atomic mass is 9.83. The van der Waals surface area contributed by atoms with Gasteiger partial charge in [-0.3, -0.25) is 0 Å². The number of unbranched alkanes of at least 4 members (excludes halogenated alkanes) is 2. The Hall–Kier alpha value is -0.0800. The summed E-state index contributed by atoms with van der Waals surface area (Å²) < 4.78 is 0. The van der Waals surface area contributed by atoms with Gasteiger partial charge in [0.15, 0.2) is 0 Å². The predicted octanol–water partition coefficient (Wildman–Crippen LogP) is 3.03. The molecule has 1 N–H and O–H groups in total. The van der Waals surface area contributed by atoms with Crippen LogP contribution in [0.5, 0.6) is 0 Å². The van der Waals surface area contributed by atoms with Crippen LogP contribution in [0, 0.1) is 5.92 Å². The molecule has 0 radical (unpaired) electrons. The van der Waals surface area contributed by atoms with E-state index < -0.39 is 0 Å². The van der Waals surface area contributed by atoms with Gasteiger partial charge in [0.05, 0.1) is 0 Å². The fourth-order valence-electron chi connectivity index (χ4n) is 3.48. The normalized spacial score (nSPS) is 28.4. The molecule has 0 aromatic heterocycles. The van der Waals surface area contributed by atoms with Gasteiger partial charge in [0.1, 0.15) is 0 Å². The van der Waals surface area contributed by atoms with E-state index in [-0.39, 0.29) is 0 Å². The molecule has 1 atom stereocenters. The summed E-state index contributed by atoms with van der Waals surface area (Å²) in [5.41, 5.74) is 0. The molecule has 17 heavy (non-hydrogen) atoms. The summed E-state index contributed by atoms with van der Waals surface area (Å²) in [7, 11) is 0. The van der Waals surface area contributed by atoms with Crippen LogP contribution < -0.4 is 5.32 Å². The highest BCUT2D eigenvalue weighted by Crippen LogP contribution is 2.27. The molecule has 0 amide bonds. The van der Waals surface area contributed by atoms with Crippen LogP contribution in [0.1, 0.15) is 58.3 Å². The molecule has 2 rings (SSSR count). The molecule has 1 aliphatic heterocycles. The van der Waals surface area contributed by atoms with Gasteiger partial charge in [-0.15, -0.1) is 0 Å². The molecule has 1 saturated heterocycles. The Kier molecular flexibility index (Phi) is 5.79. The monoisotopic (exact) mass is 238 g/mol. The summed E-state index contributed by atoms with van der Waals surface area (Å²) in [6.45, 7) is 7.43. The number of hydrogen-bond acceptors (Lipinski definition) is 2. The maximum absolute atomic E-state index is 3.77. The third kappa shape index (κ3) is 4.26. The maximum Gasteiger partial charge on any atom is 0.0223 e. The summed E-state index contributed by atoms with van der Waals surface area (Å²) in [4.78, 5) is 2.70. The second-order valence-electron chi connectivity index (χ2n) is 5.97. The van der Waals surface area contributed by atoms with Crippen molar-refractivity contribution in [2.24, 2.45) is 5.92 Å². The summed E-state index contributed by atoms with van der Waals surface area (Å²) in [5, 5.41) is 3.77. The molecule has 0 aromatic rings. The summed E-state index contributed by atoms with van der Waals surface area (Å²) in [5.74, 6) is 0.970. The second kappa shape index (κ2) is 7.38. The van der Waals surface area contributed by atoms with Crippen molar-refractivity contribution >= 4 is 0 Å². The van der Waals surface area contributed by atoms with E-state index in [2.05, 4.69) is 17.1 Å². The molecule has 1 saturated carbocycles. The fourth-order valence-corrected chi connectivity index (χ4v) is 3.48. The second-order valence-corrected chi connectivity index (χ2v) is 5.97. The summed E-state index contributed by atoms with van der Waals surface area (Å²) in [6, 6.07) is 0.797. The van der Waals surface area contributed by atoms with Crippen LogP contribution in [-0.2, 0) is 0 Å². The topological polar surface area (TPSA) is 15.3 Å². The van der Waals surface area contributed by atoms with E-state index in [1.54, 1.807) is 0 Å². The zero-order valence-corrected chi connectivity index (χ0v) is 11.6. The van der Waals surface area contributed by atoms with Gasteiger partial charge in [-0.05, 0) is 31.7 Å². The standard InChI is InChI=1S/C15H30N2/c1-2-3-7-11-17-12-10-16-15(13-17)14-8-5-4-6-9-14/h14-16H,2-13H2,1H3. The SMILES string of the molecule is CCCCCN1CCNC(C2CCCCC2)C1. The Morgan fingerprint density at radius 1 is 1.12 bits per heavy atom. The van der Waals surface area contributed by atoms with E-state index in [1.165, 1.54) is 77.5 Å². The van der Waals surface area contributed by atoms with Crippen LogP contribution in [0.3, 0.4) is 0 Å². The predicted molar refractivity (Wildman–Crippen MR) is 74.3 cm³/mol. The molecule has 2 nitrogen and oxygen atoms in total. The Labute approximate surface area is 107 Å². The highest BCUT2D eigenvalue weighted by Gasteiger charge is 2.27. The number of nitrogens with zero attached hydrogens (tertiary/aromatic N) is 1. The van der Waals surface area contributed by atoms with Crippen molar-refractivity contribution in [2.75, 3.05) is 26.2 Å². The number of hydrogen-bond donors (Lipinski definition) is 1. The van der Waals surface area contributed by atoms with Crippen molar-refractivity contribution in [1.29, 1.82) is 0 Å². The third-order valence-electron chi connectivity index (χ3n) is 4.59. The molecule has 2 heteroatoms. The summed E-state index contributed by atoms with van der Waals surface area (Å²) >= 11 is 0. The van der Waals surface area contributed by atoms with Crippen molar-refractivity contribution in [1.82, 2.24) is 10.2 Å². The maximum atomic E-state index is 3.77. The average molecular weight is 238 g/mol. The van der Waals surface area contributed by atoms with Crippen molar-refractivity contribution in [3.05, 3.63) is 0 Å². The quantitative estimate of drug-likeness (QED) is 0.741. The van der Waals surface area contributed by atoms with Crippen LogP contribution in [-0.4, -0.2) is 37.1 Å². The Balaban J connectivity index is 1.71. The molecule has 0 spiro atoms. The zero-order valence-electron chi connectivity index (χ0n) is 11.6. The largest absolute Gasteiger partial charge is 0.311 e. The van der Waals surface area contributed by atoms with Gasteiger partial charge in [-0.1, -0.05) is 39.0 Å². The van der Waals surface area contributed by atoms with E-state index >= 15 is 0 Å². The van der Waals surface area contributed by atoms with E-state index in [1.807, 2.05) is 0 Å². The van der Waals surface area contributed by atoms with Gasteiger partial charge in [0, 0.05) is 25.7 Å². The van der Waals surface area contributed by atoms with Gasteiger partial charge in [0.25, 0.3) is 0 Å². The van der Waals surface area contributed by atoms with Crippen LogP contribution >= 0.6 is 0 Å². The Morgan fingerprint density at radius 3 is 2.71 bits per heavy atom. The van der Waals surface area contributed by atoms with E-state index in [0.29, 0.717) is 0 Å². The molecule has 1 heterocycles. The van der Waals surface area contributed by atoms with E-state index in [4.69, 9.17) is 0 Å². The zero-order chi connectivity index (χ0) is 11.9. The van der Waals surface area contributed by atoms with Gasteiger partial charge in [-0.25, -0.2) is 0 Å². The van der Waals surface area contributed by atoms with Gasteiger partial charge in [0.2, 0.25) is 0 Å². The van der Waals surface area contributed by atoms with Crippen molar-refractivity contribution in [3.63, 3.8) is 0 Å². The van der Waals surface area contributed by atoms with Crippen LogP contribution in [0.25, 0.3) is 0 Å². The number of nitrogens with one attached hydrogen (secondary N) is 1. The first-order chi connectivity index (χ1) is 8.40. The van der Waals surface area contributed by atoms with Gasteiger partial charge < -0.3 is 10.2 Å². The Bertz CT molecular complexity index is 199. The molecule has 100 valence electrons. The smallest absolute Gasteiger partial charge is 0.0223 e. The van der Waals surface area contributed by atoms with Crippen LogP contribution in [0.4, 0.5) is 0 Å². The van der Waals surface area contributed by atoms with Crippen molar-refractivity contribution in [3.8, 4) is 0 Å². The van der Waals surface area contributed by atoms with E-state index in [0.717, 1.165) is 12.0 Å². The molecule has 0 aromatic carbocycles. The minimum absolute atomic E-state index is 0.797.